The summed E-state index contributed by atoms with van der Waals surface area (Å²) in [5, 5.41) is 0. The van der Waals surface area contributed by atoms with Crippen LogP contribution in [0.1, 0.15) is 21.5 Å². The van der Waals surface area contributed by atoms with Gasteiger partial charge in [-0.2, -0.15) is 0 Å². The Hall–Kier alpha value is -1.82. The molecule has 0 bridgehead atoms. The van der Waals surface area contributed by atoms with E-state index in [1.807, 2.05) is 13.8 Å². The molecule has 0 aromatic heterocycles. The Labute approximate surface area is 83.1 Å². The molecule has 14 heavy (non-hydrogen) atoms. The van der Waals surface area contributed by atoms with E-state index in [1.54, 1.807) is 12.1 Å². The number of nitrogens with zero attached hydrogens (tertiary/aromatic N) is 1. The number of esters is 1. The van der Waals surface area contributed by atoms with Crippen LogP contribution in [0.4, 0.5) is 5.69 Å². The molecule has 0 spiro atoms. The quantitative estimate of drug-likeness (QED) is 0.502. The van der Waals surface area contributed by atoms with Gasteiger partial charge in [-0.25, -0.2) is 9.64 Å². The maximum atomic E-state index is 11.3. The number of hydrogen-bond acceptors (Lipinski definition) is 2. The van der Waals surface area contributed by atoms with Crippen molar-refractivity contribution in [3.8, 4) is 0 Å². The van der Waals surface area contributed by atoms with E-state index in [4.69, 9.17) is 6.57 Å². The number of carbonyl (C=O) groups excluding carboxylic acids is 1. The first-order valence-corrected chi connectivity index (χ1v) is 4.17. The van der Waals surface area contributed by atoms with Gasteiger partial charge in [0.2, 0.25) is 0 Å². The molecule has 0 saturated carbocycles. The number of carbonyl (C=O) groups is 1. The highest BCUT2D eigenvalue weighted by atomic mass is 16.5. The van der Waals surface area contributed by atoms with Crippen molar-refractivity contribution < 1.29 is 9.53 Å². The highest BCUT2D eigenvalue weighted by Gasteiger charge is 2.12. The average molecular weight is 189 g/mol. The van der Waals surface area contributed by atoms with E-state index in [0.29, 0.717) is 11.3 Å². The minimum Gasteiger partial charge on any atom is -0.465 e. The van der Waals surface area contributed by atoms with Gasteiger partial charge in [-0.15, -0.1) is 0 Å². The summed E-state index contributed by atoms with van der Waals surface area (Å²) in [4.78, 5) is 14.6. The van der Waals surface area contributed by atoms with Gasteiger partial charge in [0.05, 0.1) is 19.2 Å². The molecule has 0 unspecified atom stereocenters. The van der Waals surface area contributed by atoms with Crippen molar-refractivity contribution in [2.45, 2.75) is 13.8 Å². The largest absolute Gasteiger partial charge is 0.465 e. The SMILES string of the molecule is [C-]#[N+]c1ccc(C(=O)OC)c(C)c1C. The van der Waals surface area contributed by atoms with Gasteiger partial charge < -0.3 is 4.74 Å². The van der Waals surface area contributed by atoms with Gasteiger partial charge in [-0.05, 0) is 25.0 Å². The van der Waals surface area contributed by atoms with E-state index < -0.39 is 0 Å². The minimum atomic E-state index is -0.359. The maximum absolute atomic E-state index is 11.3. The Bertz CT molecular complexity index is 416. The molecule has 0 aliphatic carbocycles. The summed E-state index contributed by atoms with van der Waals surface area (Å²) in [6, 6.07) is 3.27. The molecule has 0 aliphatic heterocycles. The number of ether oxygens (including phenoxy) is 1. The molecule has 72 valence electrons. The normalized spacial score (nSPS) is 9.29. The molecule has 1 aromatic rings. The fourth-order valence-electron chi connectivity index (χ4n) is 1.26. The van der Waals surface area contributed by atoms with Crippen LogP contribution in [0.2, 0.25) is 0 Å². The highest BCUT2D eigenvalue weighted by Crippen LogP contribution is 2.24. The average Bonchev–Trinajstić information content (AvgIpc) is 2.21. The molecular formula is C11H11NO2. The summed E-state index contributed by atoms with van der Waals surface area (Å²) in [5.74, 6) is -0.359. The number of methoxy groups -OCH3 is 1. The molecule has 1 aromatic carbocycles. The zero-order valence-electron chi connectivity index (χ0n) is 8.42. The summed E-state index contributed by atoms with van der Waals surface area (Å²) in [6.45, 7) is 10.6. The maximum Gasteiger partial charge on any atom is 0.338 e. The Morgan fingerprint density at radius 1 is 1.36 bits per heavy atom. The van der Waals surface area contributed by atoms with Crippen molar-refractivity contribution in [2.24, 2.45) is 0 Å². The number of hydrogen-bond donors (Lipinski definition) is 0. The second-order valence-corrected chi connectivity index (χ2v) is 2.99. The van der Waals surface area contributed by atoms with Crippen LogP contribution >= 0.6 is 0 Å². The van der Waals surface area contributed by atoms with E-state index in [1.165, 1.54) is 7.11 Å². The van der Waals surface area contributed by atoms with Crippen molar-refractivity contribution in [2.75, 3.05) is 7.11 Å². The topological polar surface area (TPSA) is 30.7 Å². The third-order valence-corrected chi connectivity index (χ3v) is 2.28. The lowest BCUT2D eigenvalue weighted by Crippen LogP contribution is -2.04. The van der Waals surface area contributed by atoms with Crippen molar-refractivity contribution in [1.29, 1.82) is 0 Å². The van der Waals surface area contributed by atoms with Crippen molar-refractivity contribution in [1.82, 2.24) is 0 Å². The predicted molar refractivity (Wildman–Crippen MR) is 53.5 cm³/mol. The summed E-state index contributed by atoms with van der Waals surface area (Å²) in [5.41, 5.74) is 2.75. The first-order valence-electron chi connectivity index (χ1n) is 4.17. The molecule has 0 heterocycles. The van der Waals surface area contributed by atoms with Crippen LogP contribution in [0, 0.1) is 20.4 Å². The molecule has 3 heteroatoms. The van der Waals surface area contributed by atoms with Gasteiger partial charge in [0.15, 0.2) is 5.69 Å². The van der Waals surface area contributed by atoms with Gasteiger partial charge in [0.25, 0.3) is 0 Å². The molecular weight excluding hydrogens is 178 g/mol. The zero-order chi connectivity index (χ0) is 10.7. The van der Waals surface area contributed by atoms with Gasteiger partial charge in [-0.3, -0.25) is 0 Å². The second-order valence-electron chi connectivity index (χ2n) is 2.99. The molecule has 1 rings (SSSR count). The number of benzene rings is 1. The van der Waals surface area contributed by atoms with Gasteiger partial charge in [0.1, 0.15) is 0 Å². The molecule has 0 radical (unpaired) electrons. The summed E-state index contributed by atoms with van der Waals surface area (Å²) in [7, 11) is 1.35. The van der Waals surface area contributed by atoms with Crippen LogP contribution < -0.4 is 0 Å². The lowest BCUT2D eigenvalue weighted by molar-refractivity contribution is 0.0600. The number of rotatable bonds is 1. The highest BCUT2D eigenvalue weighted by molar-refractivity contribution is 5.92. The van der Waals surface area contributed by atoms with E-state index in [2.05, 4.69) is 9.58 Å². The zero-order valence-corrected chi connectivity index (χ0v) is 8.42. The first-order chi connectivity index (χ1) is 6.61. The molecule has 0 N–H and O–H groups in total. The van der Waals surface area contributed by atoms with Crippen LogP contribution in [0.25, 0.3) is 4.85 Å². The van der Waals surface area contributed by atoms with Gasteiger partial charge in [-0.1, -0.05) is 12.1 Å². The molecule has 0 fully saturated rings. The van der Waals surface area contributed by atoms with E-state index >= 15 is 0 Å². The van der Waals surface area contributed by atoms with Gasteiger partial charge in [0, 0.05) is 0 Å². The van der Waals surface area contributed by atoms with Crippen molar-refractivity contribution in [3.05, 3.63) is 40.2 Å². The second kappa shape index (κ2) is 3.93. The van der Waals surface area contributed by atoms with Crippen molar-refractivity contribution >= 4 is 11.7 Å². The minimum absolute atomic E-state index is 0.359. The van der Waals surface area contributed by atoms with Crippen molar-refractivity contribution in [3.63, 3.8) is 0 Å². The molecule has 0 atom stereocenters. The predicted octanol–water partition coefficient (Wildman–Crippen LogP) is 2.64. The molecule has 3 nitrogen and oxygen atoms in total. The lowest BCUT2D eigenvalue weighted by atomic mass is 10.0. The van der Waals surface area contributed by atoms with E-state index in [0.717, 1.165) is 11.1 Å². The lowest BCUT2D eigenvalue weighted by Gasteiger charge is -2.07. The fraction of sp³-hybridized carbons (Fsp3) is 0.273. The standard InChI is InChI=1S/C11H11NO2/c1-7-8(2)10(12-3)6-5-9(7)11(13)14-4/h5-6H,1-2,4H3. The fourth-order valence-corrected chi connectivity index (χ4v) is 1.26. The molecule has 0 amide bonds. The summed E-state index contributed by atoms with van der Waals surface area (Å²) in [6.07, 6.45) is 0. The molecule has 0 aliphatic rings. The Kier molecular flexibility index (Phi) is 2.88. The smallest absolute Gasteiger partial charge is 0.338 e. The first kappa shape index (κ1) is 10.3. The van der Waals surface area contributed by atoms with Gasteiger partial charge >= 0.3 is 5.97 Å². The van der Waals surface area contributed by atoms with Crippen LogP contribution in [-0.4, -0.2) is 13.1 Å². The Morgan fingerprint density at radius 3 is 2.50 bits per heavy atom. The van der Waals surface area contributed by atoms with Crippen LogP contribution in [-0.2, 0) is 4.74 Å². The van der Waals surface area contributed by atoms with Crippen LogP contribution in [0.5, 0.6) is 0 Å². The summed E-state index contributed by atoms with van der Waals surface area (Å²) < 4.78 is 4.63. The monoisotopic (exact) mass is 189 g/mol. The van der Waals surface area contributed by atoms with E-state index in [-0.39, 0.29) is 5.97 Å². The Balaban J connectivity index is 3.33. The molecule has 0 saturated heterocycles. The van der Waals surface area contributed by atoms with E-state index in [9.17, 15) is 4.79 Å². The summed E-state index contributed by atoms with van der Waals surface area (Å²) >= 11 is 0. The van der Waals surface area contributed by atoms with Crippen LogP contribution in [0.3, 0.4) is 0 Å². The van der Waals surface area contributed by atoms with Crippen LogP contribution in [0.15, 0.2) is 12.1 Å². The third-order valence-electron chi connectivity index (χ3n) is 2.28. The Morgan fingerprint density at radius 2 is 2.00 bits per heavy atom. The third kappa shape index (κ3) is 1.60.